The van der Waals surface area contributed by atoms with Gasteiger partial charge < -0.3 is 16.3 Å². The SMILES string of the molecule is Cl.Cl.[2H]C(CN=CNN(C)C)C([2H])([2H])[C@]([2H])(C(=O)O)N([2H])[2H]. The van der Waals surface area contributed by atoms with Gasteiger partial charge in [0.2, 0.25) is 0 Å². The van der Waals surface area contributed by atoms with E-state index in [0.717, 1.165) is 0 Å². The van der Waals surface area contributed by atoms with E-state index in [2.05, 4.69) is 10.4 Å². The molecular formula is C8H20Cl2N4O2. The Hall–Kier alpha value is -0.560. The molecule has 0 amide bonds. The number of nitrogens with one attached hydrogen (secondary N) is 1. The van der Waals surface area contributed by atoms with Crippen LogP contribution in [0.2, 0.25) is 2.82 Å². The van der Waals surface area contributed by atoms with Gasteiger partial charge >= 0.3 is 5.97 Å². The zero-order valence-electron chi connectivity index (χ0n) is 14.9. The lowest BCUT2D eigenvalue weighted by Crippen LogP contribution is -2.30. The van der Waals surface area contributed by atoms with E-state index in [-0.39, 0.29) is 24.8 Å². The molecule has 0 aromatic carbocycles. The van der Waals surface area contributed by atoms with Crippen LogP contribution in [0.15, 0.2) is 4.99 Å². The molecule has 6 nitrogen and oxygen atoms in total. The summed E-state index contributed by atoms with van der Waals surface area (Å²) in [5, 5.41) is 10.4. The summed E-state index contributed by atoms with van der Waals surface area (Å²) in [5.41, 5.74) is 2.07. The maximum absolute atomic E-state index is 11.0. The fourth-order valence-corrected chi connectivity index (χ4v) is 0.466. The minimum Gasteiger partial charge on any atom is -0.480 e. The third-order valence-electron chi connectivity index (χ3n) is 1.05. The molecule has 0 fully saturated rings. The second-order valence-electron chi connectivity index (χ2n) is 2.52. The zero-order chi connectivity index (χ0) is 16.1. The molecule has 0 bridgehead atoms. The third kappa shape index (κ3) is 13.4. The van der Waals surface area contributed by atoms with Crippen molar-refractivity contribution in [3.63, 3.8) is 0 Å². The van der Waals surface area contributed by atoms with Crippen LogP contribution in [0.25, 0.3) is 0 Å². The van der Waals surface area contributed by atoms with E-state index in [1.807, 2.05) is 0 Å². The van der Waals surface area contributed by atoms with Gasteiger partial charge in [-0.3, -0.25) is 9.79 Å². The Kier molecular flexibility index (Phi) is 7.40. The van der Waals surface area contributed by atoms with E-state index in [4.69, 9.17) is 13.4 Å². The van der Waals surface area contributed by atoms with Gasteiger partial charge in [0.1, 0.15) is 8.84 Å². The highest BCUT2D eigenvalue weighted by molar-refractivity contribution is 5.85. The molecule has 0 heterocycles. The van der Waals surface area contributed by atoms with Crippen molar-refractivity contribution in [2.75, 3.05) is 20.6 Å². The van der Waals surface area contributed by atoms with Crippen LogP contribution >= 0.6 is 24.8 Å². The van der Waals surface area contributed by atoms with Crippen molar-refractivity contribution in [1.29, 1.82) is 0 Å². The van der Waals surface area contributed by atoms with Crippen molar-refractivity contribution in [2.45, 2.75) is 18.8 Å². The number of aliphatic imine (C=N–C) groups is 1. The Balaban J connectivity index is -0.00000180. The first kappa shape index (κ1) is 9.47. The van der Waals surface area contributed by atoms with Gasteiger partial charge in [0.15, 0.2) is 0 Å². The van der Waals surface area contributed by atoms with Crippen molar-refractivity contribution < 1.29 is 18.2 Å². The number of rotatable bonds is 8. The second kappa shape index (κ2) is 12.5. The van der Waals surface area contributed by atoms with Crippen molar-refractivity contribution in [1.82, 2.24) is 10.4 Å². The summed E-state index contributed by atoms with van der Waals surface area (Å²) in [6.07, 6.45) is -3.50. The topological polar surface area (TPSA) is 91.0 Å². The van der Waals surface area contributed by atoms with E-state index in [1.54, 1.807) is 19.1 Å². The van der Waals surface area contributed by atoms with Crippen molar-refractivity contribution in [2.24, 2.45) is 10.7 Å². The maximum Gasteiger partial charge on any atom is 0.320 e. The number of carboxylic acids is 1. The van der Waals surface area contributed by atoms with Gasteiger partial charge in [-0.25, -0.2) is 5.01 Å². The number of carboxylic acid groups (broad SMARTS) is 1. The largest absolute Gasteiger partial charge is 0.480 e. The molecule has 0 saturated heterocycles. The Bertz CT molecular complexity index is 377. The molecule has 0 rings (SSSR count). The average molecular weight is 281 g/mol. The smallest absolute Gasteiger partial charge is 0.320 e. The fraction of sp³-hybridized carbons (Fsp3) is 0.750. The standard InChI is InChI=1S/C8H18N4O2.2ClH/c1-12(2)11-6-10-5-3-4-7(9)8(13)14;;/h6-7H,3-5,9H2,1-2H3,(H,10,11)(H,13,14);2*1H/t7-;;/m1../s1/i3D,4D2,7D;;/hD2/t3?,7-;;. The number of hydrogen-bond donors (Lipinski definition) is 3. The monoisotopic (exact) mass is 280 g/mol. The van der Waals surface area contributed by atoms with Gasteiger partial charge in [-0.1, -0.05) is 0 Å². The number of halogens is 2. The van der Waals surface area contributed by atoms with Crippen LogP contribution in [0.3, 0.4) is 0 Å². The summed E-state index contributed by atoms with van der Waals surface area (Å²) < 4.78 is 44.1. The summed E-state index contributed by atoms with van der Waals surface area (Å²) in [7, 11) is 3.36. The highest BCUT2D eigenvalue weighted by Gasteiger charge is 2.09. The van der Waals surface area contributed by atoms with Crippen LogP contribution in [-0.2, 0) is 4.79 Å². The minimum atomic E-state index is -3.22. The molecule has 0 spiro atoms. The first-order chi connectivity index (χ1) is 8.97. The predicted molar refractivity (Wildman–Crippen MR) is 69.5 cm³/mol. The number of nitrogens with zero attached hydrogens (tertiary/aromatic N) is 2. The molecule has 0 aliphatic carbocycles. The molecule has 98 valence electrons. The fourth-order valence-electron chi connectivity index (χ4n) is 0.466. The number of hydrogen-bond acceptors (Lipinski definition) is 4. The third-order valence-corrected chi connectivity index (χ3v) is 1.05. The van der Waals surface area contributed by atoms with Gasteiger partial charge in [-0.05, 0) is 12.8 Å². The van der Waals surface area contributed by atoms with Crippen molar-refractivity contribution in [3.05, 3.63) is 0 Å². The van der Waals surface area contributed by atoms with Crippen LogP contribution in [0.1, 0.15) is 18.3 Å². The van der Waals surface area contributed by atoms with E-state index < -0.39 is 37.0 Å². The van der Waals surface area contributed by atoms with Gasteiger partial charge in [-0.15, -0.1) is 24.8 Å². The minimum absolute atomic E-state index is 0. The molecule has 16 heavy (non-hydrogen) atoms. The lowest BCUT2D eigenvalue weighted by molar-refractivity contribution is -0.138. The predicted octanol–water partition coefficient (Wildman–Crippen LogP) is 0.117. The van der Waals surface area contributed by atoms with E-state index in [1.165, 1.54) is 6.34 Å². The zero-order valence-corrected chi connectivity index (χ0v) is 10.5. The quantitative estimate of drug-likeness (QED) is 0.334. The number of carbonyl (C=O) groups is 1. The lowest BCUT2D eigenvalue weighted by atomic mass is 10.2. The van der Waals surface area contributed by atoms with Crippen LogP contribution in [0.4, 0.5) is 0 Å². The number of hydrazine groups is 1. The van der Waals surface area contributed by atoms with Gasteiger partial charge in [0.25, 0.3) is 0 Å². The highest BCUT2D eigenvalue weighted by Crippen LogP contribution is 1.94. The average Bonchev–Trinajstić information content (AvgIpc) is 2.31. The van der Waals surface area contributed by atoms with Crippen LogP contribution in [0, 0.1) is 0 Å². The van der Waals surface area contributed by atoms with E-state index in [0.29, 0.717) is 0 Å². The summed E-state index contributed by atoms with van der Waals surface area (Å²) in [6.45, 7) is -0.421. The van der Waals surface area contributed by atoms with Gasteiger partial charge in [0.05, 0.1) is 7.71 Å². The molecule has 0 aromatic heterocycles. The van der Waals surface area contributed by atoms with Crippen LogP contribution in [-0.4, -0.2) is 49.1 Å². The molecule has 0 aliphatic rings. The molecule has 1 unspecified atom stereocenters. The summed E-state index contributed by atoms with van der Waals surface area (Å²) in [5.74, 6) is -2.01. The molecular weight excluding hydrogens is 255 g/mol. The number of aliphatic carboxylic acids is 1. The second-order valence-corrected chi connectivity index (χ2v) is 2.52. The number of nitrogens with two attached hydrogens (primary N) is 1. The Morgan fingerprint density at radius 1 is 1.81 bits per heavy atom. The first-order valence-corrected chi connectivity index (χ1v) is 3.83. The van der Waals surface area contributed by atoms with Crippen molar-refractivity contribution >= 4 is 37.1 Å². The molecule has 0 radical (unpaired) electrons. The molecule has 8 heteroatoms. The lowest BCUT2D eigenvalue weighted by Gasteiger charge is -2.07. The van der Waals surface area contributed by atoms with E-state index >= 15 is 0 Å². The Morgan fingerprint density at radius 3 is 2.88 bits per heavy atom. The summed E-state index contributed by atoms with van der Waals surface area (Å²) in [4.78, 5) is 14.7. The first-order valence-electron chi connectivity index (χ1n) is 6.80. The molecule has 4 N–H and O–H groups in total. The maximum atomic E-state index is 11.0. The molecule has 0 saturated carbocycles. The van der Waals surface area contributed by atoms with Crippen molar-refractivity contribution in [3.8, 4) is 0 Å². The highest BCUT2D eigenvalue weighted by atomic mass is 35.5. The van der Waals surface area contributed by atoms with Gasteiger partial charge in [-0.2, -0.15) is 0 Å². The van der Waals surface area contributed by atoms with Crippen LogP contribution < -0.4 is 11.1 Å². The van der Waals surface area contributed by atoms with Gasteiger partial charge in [0, 0.05) is 24.8 Å². The Morgan fingerprint density at radius 2 is 2.44 bits per heavy atom. The normalized spacial score (nSPS) is 22.2. The molecule has 0 aromatic rings. The molecule has 2 atom stereocenters. The van der Waals surface area contributed by atoms with Crippen LogP contribution in [0.5, 0.6) is 0 Å². The Labute approximate surface area is 117 Å². The molecule has 0 aliphatic heterocycles. The summed E-state index contributed by atoms with van der Waals surface area (Å²) >= 11 is 0. The van der Waals surface area contributed by atoms with E-state index in [9.17, 15) is 4.79 Å². The summed E-state index contributed by atoms with van der Waals surface area (Å²) in [6, 6.07) is -3.22.